The van der Waals surface area contributed by atoms with Crippen molar-refractivity contribution < 1.29 is 9.59 Å². The zero-order valence-corrected chi connectivity index (χ0v) is 13.8. The van der Waals surface area contributed by atoms with E-state index in [1.165, 1.54) is 4.88 Å². The fraction of sp³-hybridized carbons (Fsp3) is 0.625. The van der Waals surface area contributed by atoms with Gasteiger partial charge in [0, 0.05) is 17.8 Å². The van der Waals surface area contributed by atoms with E-state index in [-0.39, 0.29) is 23.8 Å². The van der Waals surface area contributed by atoms with E-state index in [0.29, 0.717) is 13.0 Å². The van der Waals surface area contributed by atoms with E-state index >= 15 is 0 Å². The zero-order valence-electron chi connectivity index (χ0n) is 13.0. The van der Waals surface area contributed by atoms with Gasteiger partial charge in [-0.05, 0) is 23.8 Å². The zero-order chi connectivity index (χ0) is 15.4. The van der Waals surface area contributed by atoms with E-state index in [0.717, 1.165) is 12.8 Å². The molecule has 2 atom stereocenters. The van der Waals surface area contributed by atoms with Crippen LogP contribution in [0.5, 0.6) is 0 Å². The molecule has 0 spiro atoms. The summed E-state index contributed by atoms with van der Waals surface area (Å²) in [7, 11) is 0. The smallest absolute Gasteiger partial charge is 0.245 e. The summed E-state index contributed by atoms with van der Waals surface area (Å²) in [5.41, 5.74) is 0. The van der Waals surface area contributed by atoms with Crippen molar-refractivity contribution in [3.8, 4) is 0 Å². The van der Waals surface area contributed by atoms with Gasteiger partial charge in [-0.15, -0.1) is 11.3 Å². The fourth-order valence-corrected chi connectivity index (χ4v) is 3.66. The van der Waals surface area contributed by atoms with Gasteiger partial charge in [0.25, 0.3) is 0 Å². The Morgan fingerprint density at radius 1 is 1.43 bits per heavy atom. The maximum absolute atomic E-state index is 12.9. The molecule has 1 N–H and O–H groups in total. The van der Waals surface area contributed by atoms with E-state index in [4.69, 9.17) is 0 Å². The van der Waals surface area contributed by atoms with Crippen LogP contribution in [0.25, 0.3) is 0 Å². The lowest BCUT2D eigenvalue weighted by atomic mass is 10.0. The van der Waals surface area contributed by atoms with Gasteiger partial charge < -0.3 is 10.2 Å². The Labute approximate surface area is 130 Å². The predicted octanol–water partition coefficient (Wildman–Crippen LogP) is 2.96. The third-order valence-corrected chi connectivity index (χ3v) is 4.90. The minimum absolute atomic E-state index is 0.0222. The minimum Gasteiger partial charge on any atom is -0.344 e. The summed E-state index contributed by atoms with van der Waals surface area (Å²) >= 11 is 1.68. The van der Waals surface area contributed by atoms with E-state index in [9.17, 15) is 9.59 Å². The molecule has 2 heterocycles. The van der Waals surface area contributed by atoms with Crippen LogP contribution in [-0.2, 0) is 9.59 Å². The van der Waals surface area contributed by atoms with Crippen molar-refractivity contribution >= 4 is 23.2 Å². The number of thiophene rings is 1. The Hall–Kier alpha value is -1.36. The van der Waals surface area contributed by atoms with Crippen molar-refractivity contribution in [1.82, 2.24) is 10.2 Å². The molecule has 1 aromatic heterocycles. The molecule has 2 unspecified atom stereocenters. The van der Waals surface area contributed by atoms with Crippen LogP contribution in [0.3, 0.4) is 0 Å². The Morgan fingerprint density at radius 3 is 2.76 bits per heavy atom. The average molecular weight is 308 g/mol. The van der Waals surface area contributed by atoms with Gasteiger partial charge in [0.05, 0.1) is 6.04 Å². The number of amides is 2. The molecule has 0 saturated carbocycles. The lowest BCUT2D eigenvalue weighted by Gasteiger charge is -2.32. The normalized spacial score (nSPS) is 21.3. The summed E-state index contributed by atoms with van der Waals surface area (Å²) in [6, 6.07) is 3.80. The summed E-state index contributed by atoms with van der Waals surface area (Å²) in [5, 5.41) is 4.92. The maximum atomic E-state index is 12.9. The van der Waals surface area contributed by atoms with Crippen LogP contribution in [-0.4, -0.2) is 29.3 Å². The van der Waals surface area contributed by atoms with Gasteiger partial charge in [0.1, 0.15) is 6.04 Å². The van der Waals surface area contributed by atoms with Gasteiger partial charge in [-0.2, -0.15) is 0 Å². The van der Waals surface area contributed by atoms with Crippen LogP contribution in [0.4, 0.5) is 0 Å². The highest BCUT2D eigenvalue weighted by atomic mass is 32.1. The van der Waals surface area contributed by atoms with E-state index < -0.39 is 6.04 Å². The summed E-state index contributed by atoms with van der Waals surface area (Å²) in [5.74, 6) is 0.140. The largest absolute Gasteiger partial charge is 0.344 e. The molecule has 21 heavy (non-hydrogen) atoms. The number of hydrogen-bond acceptors (Lipinski definition) is 3. The average Bonchev–Trinajstić information content (AvgIpc) is 2.92. The van der Waals surface area contributed by atoms with E-state index in [2.05, 4.69) is 18.3 Å². The number of carbonyl (C=O) groups is 2. The molecule has 1 fully saturated rings. The summed E-state index contributed by atoms with van der Waals surface area (Å²) in [4.78, 5) is 27.9. The van der Waals surface area contributed by atoms with Crippen molar-refractivity contribution in [3.05, 3.63) is 22.4 Å². The molecule has 116 valence electrons. The van der Waals surface area contributed by atoms with E-state index in [1.807, 2.05) is 30.2 Å². The second-order valence-corrected chi connectivity index (χ2v) is 6.87. The predicted molar refractivity (Wildman–Crippen MR) is 85.1 cm³/mol. The molecule has 0 radical (unpaired) electrons. The summed E-state index contributed by atoms with van der Waals surface area (Å²) in [6.07, 6.45) is 2.34. The molecular formula is C16H24N2O2S. The highest BCUT2D eigenvalue weighted by molar-refractivity contribution is 7.10. The lowest BCUT2D eigenvalue weighted by molar-refractivity contribution is -0.137. The Balaban J connectivity index is 2.29. The van der Waals surface area contributed by atoms with Gasteiger partial charge in [-0.1, -0.05) is 33.3 Å². The second kappa shape index (κ2) is 7.07. The van der Waals surface area contributed by atoms with Crippen molar-refractivity contribution in [2.45, 2.75) is 52.1 Å². The number of hydrogen-bond donors (Lipinski definition) is 1. The maximum Gasteiger partial charge on any atom is 0.245 e. The number of nitrogens with one attached hydrogen (secondary N) is 1. The molecule has 0 aromatic carbocycles. The van der Waals surface area contributed by atoms with Gasteiger partial charge in [0.15, 0.2) is 0 Å². The van der Waals surface area contributed by atoms with Crippen LogP contribution in [0.2, 0.25) is 0 Å². The first kappa shape index (κ1) is 16.0. The van der Waals surface area contributed by atoms with Crippen molar-refractivity contribution in [1.29, 1.82) is 0 Å². The van der Waals surface area contributed by atoms with Gasteiger partial charge in [-0.3, -0.25) is 9.59 Å². The molecule has 1 aliphatic heterocycles. The molecule has 0 bridgehead atoms. The van der Waals surface area contributed by atoms with Gasteiger partial charge in [0.2, 0.25) is 11.8 Å². The highest BCUT2D eigenvalue weighted by Gasteiger charge is 2.35. The van der Waals surface area contributed by atoms with Crippen LogP contribution in [0.15, 0.2) is 17.5 Å². The Morgan fingerprint density at radius 2 is 2.19 bits per heavy atom. The van der Waals surface area contributed by atoms with Crippen LogP contribution in [0.1, 0.15) is 51.0 Å². The van der Waals surface area contributed by atoms with E-state index in [1.54, 1.807) is 11.3 Å². The van der Waals surface area contributed by atoms with Crippen LogP contribution < -0.4 is 5.32 Å². The highest BCUT2D eigenvalue weighted by Crippen LogP contribution is 2.31. The molecule has 1 aliphatic rings. The van der Waals surface area contributed by atoms with Gasteiger partial charge >= 0.3 is 0 Å². The van der Waals surface area contributed by atoms with Crippen molar-refractivity contribution in [2.24, 2.45) is 5.92 Å². The van der Waals surface area contributed by atoms with Crippen molar-refractivity contribution in [2.75, 3.05) is 6.54 Å². The minimum atomic E-state index is -0.403. The van der Waals surface area contributed by atoms with Crippen LogP contribution in [0, 0.1) is 5.92 Å². The molecule has 1 aromatic rings. The van der Waals surface area contributed by atoms with Crippen LogP contribution >= 0.6 is 11.3 Å². The fourth-order valence-electron chi connectivity index (χ4n) is 2.79. The molecule has 4 nitrogen and oxygen atoms in total. The monoisotopic (exact) mass is 308 g/mol. The van der Waals surface area contributed by atoms with Crippen molar-refractivity contribution in [3.63, 3.8) is 0 Å². The first-order valence-electron chi connectivity index (χ1n) is 7.67. The molecule has 0 aliphatic carbocycles. The molecule has 5 heteroatoms. The molecule has 2 amide bonds. The second-order valence-electron chi connectivity index (χ2n) is 5.89. The molecular weight excluding hydrogens is 284 g/mol. The Bertz CT molecular complexity index is 484. The topological polar surface area (TPSA) is 49.4 Å². The quantitative estimate of drug-likeness (QED) is 0.909. The lowest BCUT2D eigenvalue weighted by Crippen LogP contribution is -2.48. The first-order valence-corrected chi connectivity index (χ1v) is 8.55. The molecule has 2 rings (SSSR count). The number of nitrogens with zero attached hydrogens (tertiary/aromatic N) is 1. The number of carbonyl (C=O) groups excluding carboxylic acids is 2. The SMILES string of the molecule is CCCC(c1cccs1)N1CCC(=O)NC(C(C)C)C1=O. The Kier molecular flexibility index (Phi) is 5.39. The third-order valence-electron chi connectivity index (χ3n) is 3.92. The standard InChI is InChI=1S/C16H24N2O2S/c1-4-6-12(13-7-5-10-21-13)18-9-8-14(19)17-15(11(2)3)16(18)20/h5,7,10-12,15H,4,6,8-9H2,1-3H3,(H,17,19). The first-order chi connectivity index (χ1) is 10.0. The summed E-state index contributed by atoms with van der Waals surface area (Å²) < 4.78 is 0. The third kappa shape index (κ3) is 3.64. The molecule has 1 saturated heterocycles. The number of rotatable bonds is 5. The van der Waals surface area contributed by atoms with Gasteiger partial charge in [-0.25, -0.2) is 0 Å². The summed E-state index contributed by atoms with van der Waals surface area (Å²) in [6.45, 7) is 6.60.